The van der Waals surface area contributed by atoms with Crippen molar-refractivity contribution in [3.63, 3.8) is 0 Å². The van der Waals surface area contributed by atoms with E-state index in [0.29, 0.717) is 11.3 Å². The van der Waals surface area contributed by atoms with Gasteiger partial charge in [-0.05, 0) is 24.3 Å². The molecule has 0 aliphatic heterocycles. The van der Waals surface area contributed by atoms with Crippen molar-refractivity contribution in [1.82, 2.24) is 10.4 Å². The monoisotopic (exact) mass is 357 g/mol. The minimum absolute atomic E-state index is 0.101. The topological polar surface area (TPSA) is 63.6 Å². The first-order valence-corrected chi connectivity index (χ1v) is 7.75. The molecule has 126 valence electrons. The fraction of sp³-hybridized carbons (Fsp3) is 0.0556. The van der Waals surface area contributed by atoms with Crippen LogP contribution < -0.4 is 10.2 Å². The smallest absolute Gasteiger partial charge is 0.277 e. The molecule has 1 aromatic heterocycles. The molecule has 3 aromatic rings. The van der Waals surface area contributed by atoms with E-state index in [4.69, 9.17) is 16.3 Å². The number of benzene rings is 2. The van der Waals surface area contributed by atoms with Gasteiger partial charge in [-0.15, -0.1) is 0 Å². The molecule has 2 aromatic carbocycles. The number of para-hydroxylation sites is 1. The van der Waals surface area contributed by atoms with Gasteiger partial charge in [0.05, 0.1) is 11.2 Å². The Kier molecular flexibility index (Phi) is 5.20. The molecule has 1 N–H and O–H groups in total. The Labute approximate surface area is 148 Å². The number of fused-ring (bicyclic) bond motifs is 1. The highest BCUT2D eigenvalue weighted by Crippen LogP contribution is 2.22. The van der Waals surface area contributed by atoms with E-state index < -0.39 is 11.7 Å². The average molecular weight is 358 g/mol. The van der Waals surface area contributed by atoms with Crippen LogP contribution in [0.3, 0.4) is 0 Å². The van der Waals surface area contributed by atoms with Crippen LogP contribution in [0.15, 0.2) is 59.8 Å². The molecule has 0 radical (unpaired) electrons. The number of carbonyl (C=O) groups is 1. The second-order valence-electron chi connectivity index (χ2n) is 5.05. The maximum atomic E-state index is 13.6. The van der Waals surface area contributed by atoms with Gasteiger partial charge >= 0.3 is 0 Å². The highest BCUT2D eigenvalue weighted by Gasteiger charge is 2.07. The molecule has 0 saturated carbocycles. The molecule has 0 atom stereocenters. The Bertz CT molecular complexity index is 921. The Morgan fingerprint density at radius 3 is 2.88 bits per heavy atom. The van der Waals surface area contributed by atoms with Crippen molar-refractivity contribution in [3.8, 4) is 5.75 Å². The number of nitrogens with one attached hydrogen (secondary N) is 1. The van der Waals surface area contributed by atoms with Gasteiger partial charge in [-0.2, -0.15) is 5.10 Å². The lowest BCUT2D eigenvalue weighted by molar-refractivity contribution is -0.123. The summed E-state index contributed by atoms with van der Waals surface area (Å²) >= 11 is 5.87. The van der Waals surface area contributed by atoms with E-state index in [1.165, 1.54) is 18.2 Å². The van der Waals surface area contributed by atoms with Crippen molar-refractivity contribution in [2.75, 3.05) is 6.61 Å². The largest absolute Gasteiger partial charge is 0.481 e. The van der Waals surface area contributed by atoms with Gasteiger partial charge in [0.25, 0.3) is 5.91 Å². The van der Waals surface area contributed by atoms with Crippen LogP contribution in [0.4, 0.5) is 4.39 Å². The van der Waals surface area contributed by atoms with E-state index in [2.05, 4.69) is 15.5 Å². The molecule has 1 heterocycles. The van der Waals surface area contributed by atoms with Crippen LogP contribution in [0.25, 0.3) is 10.9 Å². The van der Waals surface area contributed by atoms with Crippen molar-refractivity contribution in [1.29, 1.82) is 0 Å². The molecule has 0 aliphatic rings. The molecule has 0 spiro atoms. The van der Waals surface area contributed by atoms with Gasteiger partial charge in [-0.1, -0.05) is 35.9 Å². The first kappa shape index (κ1) is 16.9. The van der Waals surface area contributed by atoms with Gasteiger partial charge in [0.15, 0.2) is 6.61 Å². The van der Waals surface area contributed by atoms with Crippen molar-refractivity contribution in [3.05, 3.63) is 71.1 Å². The molecule has 0 aliphatic carbocycles. The molecule has 25 heavy (non-hydrogen) atoms. The summed E-state index contributed by atoms with van der Waals surface area (Å²) in [4.78, 5) is 16.1. The van der Waals surface area contributed by atoms with Gasteiger partial charge in [0, 0.05) is 17.1 Å². The summed E-state index contributed by atoms with van der Waals surface area (Å²) in [6.07, 6.45) is 2.80. The van der Waals surface area contributed by atoms with Gasteiger partial charge in [-0.3, -0.25) is 9.78 Å². The maximum Gasteiger partial charge on any atom is 0.277 e. The Morgan fingerprint density at radius 1 is 1.24 bits per heavy atom. The number of aromatic nitrogens is 1. The highest BCUT2D eigenvalue weighted by atomic mass is 35.5. The van der Waals surface area contributed by atoms with Gasteiger partial charge < -0.3 is 4.74 Å². The average Bonchev–Trinajstić information content (AvgIpc) is 2.62. The van der Waals surface area contributed by atoms with Crippen molar-refractivity contribution < 1.29 is 13.9 Å². The zero-order valence-corrected chi connectivity index (χ0v) is 13.7. The quantitative estimate of drug-likeness (QED) is 0.561. The predicted molar refractivity (Wildman–Crippen MR) is 94.4 cm³/mol. The van der Waals surface area contributed by atoms with E-state index in [1.807, 2.05) is 24.3 Å². The third kappa shape index (κ3) is 4.10. The lowest BCUT2D eigenvalue weighted by Crippen LogP contribution is -2.24. The number of hydrogen-bond acceptors (Lipinski definition) is 4. The third-order valence-corrected chi connectivity index (χ3v) is 3.67. The summed E-state index contributed by atoms with van der Waals surface area (Å²) in [6, 6.07) is 13.4. The van der Waals surface area contributed by atoms with Gasteiger partial charge in [0.1, 0.15) is 17.1 Å². The summed E-state index contributed by atoms with van der Waals surface area (Å²) < 4.78 is 19.1. The van der Waals surface area contributed by atoms with Crippen LogP contribution in [0.5, 0.6) is 5.75 Å². The van der Waals surface area contributed by atoms with Crippen LogP contribution in [0.2, 0.25) is 5.02 Å². The molecule has 0 bridgehead atoms. The number of rotatable bonds is 5. The number of pyridine rings is 1. The van der Waals surface area contributed by atoms with Crippen molar-refractivity contribution >= 4 is 34.6 Å². The zero-order valence-electron chi connectivity index (χ0n) is 12.9. The number of amides is 1. The van der Waals surface area contributed by atoms with E-state index in [0.717, 1.165) is 11.6 Å². The lowest BCUT2D eigenvalue weighted by atomic mass is 10.2. The van der Waals surface area contributed by atoms with Crippen LogP contribution in [0, 0.1) is 5.82 Å². The second-order valence-corrected chi connectivity index (χ2v) is 5.46. The van der Waals surface area contributed by atoms with Gasteiger partial charge in [0.2, 0.25) is 0 Å². The van der Waals surface area contributed by atoms with Crippen LogP contribution >= 0.6 is 11.6 Å². The van der Waals surface area contributed by atoms with E-state index >= 15 is 0 Å². The van der Waals surface area contributed by atoms with Crippen molar-refractivity contribution in [2.24, 2.45) is 5.10 Å². The van der Waals surface area contributed by atoms with Crippen LogP contribution in [-0.2, 0) is 4.79 Å². The summed E-state index contributed by atoms with van der Waals surface area (Å²) in [5.41, 5.74) is 3.03. The Morgan fingerprint density at radius 2 is 2.04 bits per heavy atom. The normalized spacial score (nSPS) is 11.0. The molecule has 5 nitrogen and oxygen atoms in total. The molecular formula is C18H13ClFN3O2. The third-order valence-electron chi connectivity index (χ3n) is 3.34. The minimum Gasteiger partial charge on any atom is -0.481 e. The standard InChI is InChI=1S/C18H13ClFN3O2/c19-14-6-2-7-15(20)13(14)10-22-23-17(24)11-25-16-8-1-4-12-5-3-9-21-18(12)16/h1-10H,11H2,(H,23,24)/b22-10+. The fourth-order valence-electron chi connectivity index (χ4n) is 2.17. The number of hydrogen-bond donors (Lipinski definition) is 1. The number of hydrazone groups is 1. The van der Waals surface area contributed by atoms with Crippen LogP contribution in [-0.4, -0.2) is 23.7 Å². The molecule has 0 unspecified atom stereocenters. The molecular weight excluding hydrogens is 345 g/mol. The Hall–Kier alpha value is -2.99. The molecule has 7 heteroatoms. The molecule has 0 fully saturated rings. The fourth-order valence-corrected chi connectivity index (χ4v) is 2.38. The molecule has 3 rings (SSSR count). The van der Waals surface area contributed by atoms with E-state index in [9.17, 15) is 9.18 Å². The molecule has 0 saturated heterocycles. The number of carbonyl (C=O) groups excluding carboxylic acids is 1. The number of nitrogens with zero attached hydrogens (tertiary/aromatic N) is 2. The molecule has 1 amide bonds. The summed E-state index contributed by atoms with van der Waals surface area (Å²) in [5, 5.41) is 4.81. The van der Waals surface area contributed by atoms with Gasteiger partial charge in [-0.25, -0.2) is 9.82 Å². The summed E-state index contributed by atoms with van der Waals surface area (Å²) in [5.74, 6) is -0.519. The summed E-state index contributed by atoms with van der Waals surface area (Å²) in [6.45, 7) is -0.252. The maximum absolute atomic E-state index is 13.6. The SMILES string of the molecule is O=C(COc1cccc2cccnc12)N/N=C/c1c(F)cccc1Cl. The minimum atomic E-state index is -0.524. The summed E-state index contributed by atoms with van der Waals surface area (Å²) in [7, 11) is 0. The predicted octanol–water partition coefficient (Wildman–Crippen LogP) is 3.56. The first-order chi connectivity index (χ1) is 12.1. The second kappa shape index (κ2) is 7.72. The number of halogens is 2. The van der Waals surface area contributed by atoms with Crippen LogP contribution in [0.1, 0.15) is 5.56 Å². The zero-order chi connectivity index (χ0) is 17.6. The van der Waals surface area contributed by atoms with E-state index in [-0.39, 0.29) is 17.2 Å². The first-order valence-electron chi connectivity index (χ1n) is 7.37. The van der Waals surface area contributed by atoms with E-state index in [1.54, 1.807) is 12.3 Å². The Balaban J connectivity index is 1.61. The number of ether oxygens (including phenoxy) is 1. The lowest BCUT2D eigenvalue weighted by Gasteiger charge is -2.07. The van der Waals surface area contributed by atoms with Crippen molar-refractivity contribution in [2.45, 2.75) is 0 Å². The highest BCUT2D eigenvalue weighted by molar-refractivity contribution is 6.33.